The third kappa shape index (κ3) is 7.07. The van der Waals surface area contributed by atoms with Gasteiger partial charge < -0.3 is 15.0 Å². The summed E-state index contributed by atoms with van der Waals surface area (Å²) in [6.45, 7) is 1.93. The Morgan fingerprint density at radius 2 is 1.74 bits per heavy atom. The molecule has 1 aliphatic carbocycles. The largest absolute Gasteiger partial charge is 0.494 e. The lowest BCUT2D eigenvalue weighted by Crippen LogP contribution is -2.09. The molecule has 0 spiro atoms. The molecule has 0 bridgehead atoms. The fourth-order valence-electron chi connectivity index (χ4n) is 2.94. The molecule has 4 nitrogen and oxygen atoms in total. The first-order valence-electron chi connectivity index (χ1n) is 8.88. The summed E-state index contributed by atoms with van der Waals surface area (Å²) in [4.78, 5) is 0. The van der Waals surface area contributed by atoms with Gasteiger partial charge in [-0.1, -0.05) is 31.4 Å². The molecule has 2 N–H and O–H groups in total. The molecular formula is C18H30NO3P. The van der Waals surface area contributed by atoms with Crippen LogP contribution in [0.3, 0.4) is 0 Å². The lowest BCUT2D eigenvalue weighted by atomic mass is 10.0. The number of benzene rings is 1. The van der Waals surface area contributed by atoms with Crippen LogP contribution in [0, 0.1) is 0 Å². The van der Waals surface area contributed by atoms with Crippen molar-refractivity contribution >= 4 is 8.03 Å². The van der Waals surface area contributed by atoms with E-state index in [9.17, 15) is 4.57 Å². The lowest BCUT2D eigenvalue weighted by molar-refractivity contribution is 0.268. The molecule has 0 saturated heterocycles. The van der Waals surface area contributed by atoms with Gasteiger partial charge in [-0.2, -0.15) is 0 Å². The summed E-state index contributed by atoms with van der Waals surface area (Å²) in [5.41, 5.74) is 7.10. The van der Waals surface area contributed by atoms with Gasteiger partial charge in [-0.25, -0.2) is 0 Å². The van der Waals surface area contributed by atoms with E-state index in [-0.39, 0.29) is 0 Å². The number of hydrogen-bond acceptors (Lipinski definition) is 4. The highest BCUT2D eigenvalue weighted by molar-refractivity contribution is 7.40. The standard InChI is InChI=1S/C18H30NO3P/c19-13-12-16-8-10-17(11-9-16)21-14-4-5-15-22-23(20)18-6-2-1-3-7-18/h8-11,18,23H,1-7,12-15,19H2. The smallest absolute Gasteiger partial charge is 0.194 e. The van der Waals surface area contributed by atoms with Gasteiger partial charge >= 0.3 is 0 Å². The van der Waals surface area contributed by atoms with Crippen LogP contribution >= 0.6 is 8.03 Å². The molecule has 1 unspecified atom stereocenters. The van der Waals surface area contributed by atoms with Crippen molar-refractivity contribution in [2.75, 3.05) is 19.8 Å². The molecule has 1 aliphatic rings. The van der Waals surface area contributed by atoms with E-state index < -0.39 is 8.03 Å². The van der Waals surface area contributed by atoms with Crippen molar-refractivity contribution in [2.24, 2.45) is 5.73 Å². The fourth-order valence-corrected chi connectivity index (χ4v) is 4.40. The average Bonchev–Trinajstić information content (AvgIpc) is 2.60. The number of nitrogens with two attached hydrogens (primary N) is 1. The monoisotopic (exact) mass is 339 g/mol. The van der Waals surface area contributed by atoms with Gasteiger partial charge in [-0.3, -0.25) is 4.57 Å². The first kappa shape index (κ1) is 18.5. The van der Waals surface area contributed by atoms with Crippen molar-refractivity contribution in [3.63, 3.8) is 0 Å². The minimum atomic E-state index is -1.84. The van der Waals surface area contributed by atoms with E-state index in [1.165, 1.54) is 24.8 Å². The molecule has 0 aliphatic heterocycles. The second-order valence-electron chi connectivity index (χ2n) is 6.24. The zero-order valence-electron chi connectivity index (χ0n) is 14.0. The van der Waals surface area contributed by atoms with Crippen LogP contribution in [0.4, 0.5) is 0 Å². The van der Waals surface area contributed by atoms with Crippen LogP contribution in [0.5, 0.6) is 5.75 Å². The highest BCUT2D eigenvalue weighted by atomic mass is 31.1. The van der Waals surface area contributed by atoms with Gasteiger partial charge in [0.15, 0.2) is 8.03 Å². The Morgan fingerprint density at radius 1 is 1.04 bits per heavy atom. The summed E-state index contributed by atoms with van der Waals surface area (Å²) in [5.74, 6) is 0.891. The van der Waals surface area contributed by atoms with Crippen LogP contribution < -0.4 is 10.5 Å². The predicted molar refractivity (Wildman–Crippen MR) is 95.8 cm³/mol. The summed E-state index contributed by atoms with van der Waals surface area (Å²) in [6.07, 6.45) is 8.60. The van der Waals surface area contributed by atoms with Crippen molar-refractivity contribution in [3.05, 3.63) is 29.8 Å². The second-order valence-corrected chi connectivity index (χ2v) is 7.98. The van der Waals surface area contributed by atoms with Crippen LogP contribution in [0.15, 0.2) is 24.3 Å². The Labute approximate surface area is 140 Å². The van der Waals surface area contributed by atoms with Crippen LogP contribution in [0.2, 0.25) is 0 Å². The van der Waals surface area contributed by atoms with E-state index in [4.69, 9.17) is 15.0 Å². The number of hydrogen-bond donors (Lipinski definition) is 1. The molecular weight excluding hydrogens is 309 g/mol. The average molecular weight is 339 g/mol. The molecule has 1 atom stereocenters. The summed E-state index contributed by atoms with van der Waals surface area (Å²) in [5, 5.41) is 0. The molecule has 1 fully saturated rings. The summed E-state index contributed by atoms with van der Waals surface area (Å²) in [7, 11) is -1.84. The van der Waals surface area contributed by atoms with E-state index >= 15 is 0 Å². The Bertz CT molecular complexity index is 458. The number of rotatable bonds is 10. The normalized spacial score (nSPS) is 17.1. The Hall–Kier alpha value is -0.830. The molecule has 5 heteroatoms. The maximum atomic E-state index is 12.1. The van der Waals surface area contributed by atoms with Gasteiger partial charge in [0.2, 0.25) is 0 Å². The maximum Gasteiger partial charge on any atom is 0.194 e. The fraction of sp³-hybridized carbons (Fsp3) is 0.667. The summed E-state index contributed by atoms with van der Waals surface area (Å²) >= 11 is 0. The van der Waals surface area contributed by atoms with E-state index in [1.54, 1.807) is 0 Å². The van der Waals surface area contributed by atoms with Gasteiger partial charge in [0.05, 0.1) is 13.2 Å². The second kappa shape index (κ2) is 10.9. The van der Waals surface area contributed by atoms with Crippen molar-refractivity contribution in [1.29, 1.82) is 0 Å². The quantitative estimate of drug-likeness (QED) is 0.513. The van der Waals surface area contributed by atoms with E-state index in [2.05, 4.69) is 12.1 Å². The van der Waals surface area contributed by atoms with Gasteiger partial charge in [-0.05, 0) is 56.3 Å². The predicted octanol–water partition coefficient (Wildman–Crippen LogP) is 4.17. The molecule has 0 radical (unpaired) electrons. The SMILES string of the molecule is NCCc1ccc(OCCCCO[PH](=O)C2CCCCC2)cc1. The first-order chi connectivity index (χ1) is 11.3. The number of ether oxygens (including phenoxy) is 1. The lowest BCUT2D eigenvalue weighted by Gasteiger charge is -2.20. The zero-order chi connectivity index (χ0) is 16.3. The van der Waals surface area contributed by atoms with E-state index in [0.29, 0.717) is 25.4 Å². The Balaban J connectivity index is 1.52. The summed E-state index contributed by atoms with van der Waals surface area (Å²) < 4.78 is 23.3. The van der Waals surface area contributed by atoms with E-state index in [0.717, 1.165) is 37.9 Å². The molecule has 0 amide bonds. The van der Waals surface area contributed by atoms with Gasteiger partial charge in [0, 0.05) is 5.66 Å². The third-order valence-electron chi connectivity index (χ3n) is 4.35. The molecule has 0 heterocycles. The minimum Gasteiger partial charge on any atom is -0.494 e. The molecule has 23 heavy (non-hydrogen) atoms. The molecule has 2 rings (SSSR count). The molecule has 1 aromatic carbocycles. The molecule has 0 aromatic heterocycles. The highest BCUT2D eigenvalue weighted by Gasteiger charge is 2.19. The zero-order valence-corrected chi connectivity index (χ0v) is 15.0. The summed E-state index contributed by atoms with van der Waals surface area (Å²) in [6, 6.07) is 8.09. The molecule has 1 saturated carbocycles. The topological polar surface area (TPSA) is 61.6 Å². The van der Waals surface area contributed by atoms with Crippen molar-refractivity contribution in [2.45, 2.75) is 57.0 Å². The molecule has 1 aromatic rings. The minimum absolute atomic E-state index is 0.331. The van der Waals surface area contributed by atoms with Gasteiger partial charge in [0.25, 0.3) is 0 Å². The van der Waals surface area contributed by atoms with Crippen molar-refractivity contribution < 1.29 is 13.8 Å². The Kier molecular flexibility index (Phi) is 8.73. The van der Waals surface area contributed by atoms with Crippen LogP contribution in [-0.2, 0) is 15.5 Å². The van der Waals surface area contributed by atoms with Gasteiger partial charge in [-0.15, -0.1) is 0 Å². The van der Waals surface area contributed by atoms with Gasteiger partial charge in [0.1, 0.15) is 5.75 Å². The first-order valence-corrected chi connectivity index (χ1v) is 10.3. The van der Waals surface area contributed by atoms with Crippen LogP contribution in [-0.4, -0.2) is 25.4 Å². The number of unbranched alkanes of at least 4 members (excludes halogenated alkanes) is 1. The maximum absolute atomic E-state index is 12.1. The molecule has 130 valence electrons. The third-order valence-corrected chi connectivity index (χ3v) is 6.08. The van der Waals surface area contributed by atoms with E-state index in [1.807, 2.05) is 12.1 Å². The Morgan fingerprint density at radius 3 is 2.43 bits per heavy atom. The van der Waals surface area contributed by atoms with Crippen LogP contribution in [0.25, 0.3) is 0 Å². The van der Waals surface area contributed by atoms with Crippen molar-refractivity contribution in [1.82, 2.24) is 0 Å². The highest BCUT2D eigenvalue weighted by Crippen LogP contribution is 2.39. The van der Waals surface area contributed by atoms with Crippen LogP contribution in [0.1, 0.15) is 50.5 Å². The van der Waals surface area contributed by atoms with Crippen molar-refractivity contribution in [3.8, 4) is 5.75 Å².